The topological polar surface area (TPSA) is 57.6 Å². The van der Waals surface area contributed by atoms with Crippen molar-refractivity contribution in [1.29, 1.82) is 0 Å². The van der Waals surface area contributed by atoms with Gasteiger partial charge >= 0.3 is 5.97 Å². The highest BCUT2D eigenvalue weighted by atomic mass is 16.4. The predicted octanol–water partition coefficient (Wildman–Crippen LogP) is 2.24. The average molecular weight is 279 g/mol. The van der Waals surface area contributed by atoms with Crippen molar-refractivity contribution in [3.63, 3.8) is 0 Å². The van der Waals surface area contributed by atoms with E-state index in [0.717, 1.165) is 12.8 Å². The molecule has 4 nitrogen and oxygen atoms in total. The van der Waals surface area contributed by atoms with Crippen molar-refractivity contribution < 1.29 is 14.7 Å². The molecule has 2 atom stereocenters. The van der Waals surface area contributed by atoms with Crippen molar-refractivity contribution in [3.05, 3.63) is 0 Å². The molecule has 1 saturated heterocycles. The minimum atomic E-state index is -0.730. The number of likely N-dealkylation sites (tertiary alicyclic amines) is 1. The number of rotatable bonds is 3. The zero-order valence-corrected chi connectivity index (χ0v) is 12.8. The average Bonchev–Trinajstić information content (AvgIpc) is 3.15. The standard InChI is InChI=1S/C16H25NO3/c1-15(2)12(16(15,3)4)13(18)17-7-10(9-5-6-9)11(8-17)14(19)20/h9-12H,5-8H2,1-4H3,(H,19,20)/t10-,11+/m1/s1. The van der Waals surface area contributed by atoms with Crippen LogP contribution in [0.5, 0.6) is 0 Å². The SMILES string of the molecule is CC1(C)C(C(=O)N2C[C@H](C(=O)O)[C@@H](C3CC3)C2)C1(C)C. The van der Waals surface area contributed by atoms with E-state index >= 15 is 0 Å². The van der Waals surface area contributed by atoms with E-state index in [-0.39, 0.29) is 34.5 Å². The van der Waals surface area contributed by atoms with Gasteiger partial charge in [-0.15, -0.1) is 0 Å². The molecule has 0 unspecified atom stereocenters. The summed E-state index contributed by atoms with van der Waals surface area (Å²) in [5.41, 5.74) is 0.0565. The van der Waals surface area contributed by atoms with Crippen LogP contribution in [0.2, 0.25) is 0 Å². The molecule has 0 aromatic heterocycles. The van der Waals surface area contributed by atoms with Crippen LogP contribution in [-0.2, 0) is 9.59 Å². The Labute approximate surface area is 120 Å². The van der Waals surface area contributed by atoms with Crippen LogP contribution in [0.25, 0.3) is 0 Å². The summed E-state index contributed by atoms with van der Waals surface area (Å²) in [5.74, 6) is -0.143. The van der Waals surface area contributed by atoms with Gasteiger partial charge in [-0.2, -0.15) is 0 Å². The minimum absolute atomic E-state index is 0.0282. The molecule has 2 saturated carbocycles. The summed E-state index contributed by atoms with van der Waals surface area (Å²) < 4.78 is 0. The first-order valence-corrected chi connectivity index (χ1v) is 7.69. The van der Waals surface area contributed by atoms with E-state index in [1.807, 2.05) is 4.90 Å². The number of carbonyl (C=O) groups excluding carboxylic acids is 1. The van der Waals surface area contributed by atoms with Crippen LogP contribution < -0.4 is 0 Å². The van der Waals surface area contributed by atoms with E-state index in [1.165, 1.54) is 0 Å². The van der Waals surface area contributed by atoms with Crippen molar-refractivity contribution in [2.75, 3.05) is 13.1 Å². The Balaban J connectivity index is 1.73. The van der Waals surface area contributed by atoms with Crippen LogP contribution in [0.15, 0.2) is 0 Å². The zero-order valence-electron chi connectivity index (χ0n) is 12.8. The van der Waals surface area contributed by atoms with Gasteiger partial charge in [0.25, 0.3) is 0 Å². The highest BCUT2D eigenvalue weighted by Gasteiger charge is 2.69. The van der Waals surface area contributed by atoms with E-state index in [2.05, 4.69) is 27.7 Å². The molecule has 2 aliphatic carbocycles. The van der Waals surface area contributed by atoms with Gasteiger partial charge in [-0.1, -0.05) is 27.7 Å². The molecule has 0 spiro atoms. The Kier molecular flexibility index (Phi) is 2.77. The van der Waals surface area contributed by atoms with E-state index in [4.69, 9.17) is 0 Å². The van der Waals surface area contributed by atoms with E-state index in [0.29, 0.717) is 19.0 Å². The third-order valence-corrected chi connectivity index (χ3v) is 6.49. The predicted molar refractivity (Wildman–Crippen MR) is 75.0 cm³/mol. The van der Waals surface area contributed by atoms with Gasteiger partial charge in [0.2, 0.25) is 5.91 Å². The number of carboxylic acid groups (broad SMARTS) is 1. The number of hydrogen-bond donors (Lipinski definition) is 1. The van der Waals surface area contributed by atoms with Crippen LogP contribution in [0, 0.1) is 34.5 Å². The van der Waals surface area contributed by atoms with Gasteiger partial charge in [0.15, 0.2) is 0 Å². The lowest BCUT2D eigenvalue weighted by Crippen LogP contribution is -2.32. The Morgan fingerprint density at radius 1 is 1.05 bits per heavy atom. The second kappa shape index (κ2) is 3.99. The first kappa shape index (κ1) is 13.9. The fraction of sp³-hybridized carbons (Fsp3) is 0.875. The van der Waals surface area contributed by atoms with Gasteiger partial charge in [0.1, 0.15) is 0 Å². The van der Waals surface area contributed by atoms with Gasteiger partial charge in [-0.05, 0) is 35.5 Å². The third-order valence-electron chi connectivity index (χ3n) is 6.49. The maximum Gasteiger partial charge on any atom is 0.308 e. The van der Waals surface area contributed by atoms with Gasteiger partial charge in [-0.25, -0.2) is 0 Å². The Bertz CT molecular complexity index is 450. The fourth-order valence-electron chi connectivity index (χ4n) is 4.27. The van der Waals surface area contributed by atoms with E-state index < -0.39 is 5.97 Å². The molecule has 20 heavy (non-hydrogen) atoms. The number of carboxylic acids is 1. The molecular weight excluding hydrogens is 254 g/mol. The van der Waals surface area contributed by atoms with Crippen LogP contribution >= 0.6 is 0 Å². The van der Waals surface area contributed by atoms with Crippen molar-refractivity contribution >= 4 is 11.9 Å². The van der Waals surface area contributed by atoms with Gasteiger partial charge < -0.3 is 10.0 Å². The molecule has 0 aromatic rings. The van der Waals surface area contributed by atoms with Crippen molar-refractivity contribution in [2.24, 2.45) is 34.5 Å². The number of amides is 1. The second-order valence-corrected chi connectivity index (χ2v) is 8.07. The van der Waals surface area contributed by atoms with Crippen molar-refractivity contribution in [1.82, 2.24) is 4.90 Å². The molecule has 1 aliphatic heterocycles. The molecule has 3 rings (SSSR count). The lowest BCUT2D eigenvalue weighted by Gasteiger charge is -2.17. The molecule has 112 valence electrons. The molecule has 0 radical (unpaired) electrons. The summed E-state index contributed by atoms with van der Waals surface area (Å²) in [6.45, 7) is 9.62. The normalized spacial score (nSPS) is 35.1. The Morgan fingerprint density at radius 2 is 1.60 bits per heavy atom. The Hall–Kier alpha value is -1.06. The highest BCUT2D eigenvalue weighted by molar-refractivity contribution is 5.85. The van der Waals surface area contributed by atoms with Crippen LogP contribution in [-0.4, -0.2) is 35.0 Å². The van der Waals surface area contributed by atoms with Gasteiger partial charge in [-0.3, -0.25) is 9.59 Å². The second-order valence-electron chi connectivity index (χ2n) is 8.07. The molecule has 1 amide bonds. The van der Waals surface area contributed by atoms with Crippen LogP contribution in [0.3, 0.4) is 0 Å². The first-order chi connectivity index (χ1) is 9.18. The number of nitrogens with zero attached hydrogens (tertiary/aromatic N) is 1. The van der Waals surface area contributed by atoms with Gasteiger partial charge in [0, 0.05) is 19.0 Å². The largest absolute Gasteiger partial charge is 0.481 e. The van der Waals surface area contributed by atoms with Crippen LogP contribution in [0.1, 0.15) is 40.5 Å². The Morgan fingerprint density at radius 3 is 2.00 bits per heavy atom. The van der Waals surface area contributed by atoms with Crippen LogP contribution in [0.4, 0.5) is 0 Å². The molecule has 0 bridgehead atoms. The highest BCUT2D eigenvalue weighted by Crippen LogP contribution is 2.69. The van der Waals surface area contributed by atoms with Crippen molar-refractivity contribution in [2.45, 2.75) is 40.5 Å². The lowest BCUT2D eigenvalue weighted by molar-refractivity contribution is -0.142. The quantitative estimate of drug-likeness (QED) is 0.862. The summed E-state index contributed by atoms with van der Waals surface area (Å²) in [5, 5.41) is 9.38. The number of carbonyl (C=O) groups is 2. The summed E-state index contributed by atoms with van der Waals surface area (Å²) in [6.07, 6.45) is 2.27. The minimum Gasteiger partial charge on any atom is -0.481 e. The fourth-order valence-corrected chi connectivity index (χ4v) is 4.27. The molecule has 1 heterocycles. The summed E-state index contributed by atoms with van der Waals surface area (Å²) in [7, 11) is 0. The molecule has 1 N–H and O–H groups in total. The lowest BCUT2D eigenvalue weighted by atomic mass is 9.92. The summed E-state index contributed by atoms with van der Waals surface area (Å²) >= 11 is 0. The maximum absolute atomic E-state index is 12.7. The molecular formula is C16H25NO3. The zero-order chi connectivity index (χ0) is 14.9. The smallest absolute Gasteiger partial charge is 0.308 e. The maximum atomic E-state index is 12.7. The first-order valence-electron chi connectivity index (χ1n) is 7.69. The van der Waals surface area contributed by atoms with Gasteiger partial charge in [0.05, 0.1) is 5.92 Å². The molecule has 4 heteroatoms. The molecule has 3 fully saturated rings. The van der Waals surface area contributed by atoms with E-state index in [9.17, 15) is 14.7 Å². The number of aliphatic carboxylic acids is 1. The monoisotopic (exact) mass is 279 g/mol. The van der Waals surface area contributed by atoms with E-state index in [1.54, 1.807) is 0 Å². The van der Waals surface area contributed by atoms with Crippen molar-refractivity contribution in [3.8, 4) is 0 Å². The summed E-state index contributed by atoms with van der Waals surface area (Å²) in [4.78, 5) is 26.0. The molecule has 3 aliphatic rings. The third kappa shape index (κ3) is 1.80. The molecule has 0 aromatic carbocycles. The number of hydrogen-bond acceptors (Lipinski definition) is 2. The summed E-state index contributed by atoms with van der Waals surface area (Å²) in [6, 6.07) is 0.